The molecular formula is C16H20N2OS. The second kappa shape index (κ2) is 7.20. The summed E-state index contributed by atoms with van der Waals surface area (Å²) in [7, 11) is 0. The average molecular weight is 288 g/mol. The van der Waals surface area contributed by atoms with E-state index in [-0.39, 0.29) is 5.91 Å². The molecule has 0 radical (unpaired) electrons. The van der Waals surface area contributed by atoms with Gasteiger partial charge in [0.25, 0.3) is 0 Å². The van der Waals surface area contributed by atoms with Crippen LogP contribution in [0.4, 0.5) is 0 Å². The Labute approximate surface area is 124 Å². The Kier molecular flexibility index (Phi) is 5.30. The molecular weight excluding hydrogens is 268 g/mol. The number of hydrogen-bond acceptors (Lipinski definition) is 3. The number of hydrogen-bond donors (Lipinski definition) is 1. The van der Waals surface area contributed by atoms with E-state index in [0.29, 0.717) is 18.9 Å². The fraction of sp³-hybridized carbons (Fsp3) is 0.375. The molecule has 1 N–H and O–H groups in total. The van der Waals surface area contributed by atoms with Crippen molar-refractivity contribution >= 4 is 17.2 Å². The average Bonchev–Trinajstić information content (AvgIpc) is 2.86. The van der Waals surface area contributed by atoms with Gasteiger partial charge in [-0.15, -0.1) is 11.3 Å². The Hall–Kier alpha value is -1.68. The first-order chi connectivity index (χ1) is 9.69. The molecule has 0 bridgehead atoms. The van der Waals surface area contributed by atoms with Gasteiger partial charge in [-0.2, -0.15) is 0 Å². The number of aromatic nitrogens is 1. The van der Waals surface area contributed by atoms with Gasteiger partial charge in [-0.3, -0.25) is 4.79 Å². The second-order valence-electron chi connectivity index (χ2n) is 4.85. The first kappa shape index (κ1) is 14.7. The molecule has 1 heterocycles. The molecule has 0 aliphatic carbocycles. The predicted molar refractivity (Wildman–Crippen MR) is 83.0 cm³/mol. The summed E-state index contributed by atoms with van der Waals surface area (Å²) in [6.07, 6.45) is 1.38. The molecule has 1 atom stereocenters. The van der Waals surface area contributed by atoms with Crippen LogP contribution in [0, 0.1) is 6.92 Å². The van der Waals surface area contributed by atoms with E-state index in [4.69, 9.17) is 0 Å². The number of carbonyl (C=O) groups is 1. The molecule has 4 heteroatoms. The number of aryl methyl sites for hydroxylation is 1. The predicted octanol–water partition coefficient (Wildman–Crippen LogP) is 3.30. The van der Waals surface area contributed by atoms with E-state index in [1.165, 1.54) is 5.56 Å². The van der Waals surface area contributed by atoms with E-state index in [0.717, 1.165) is 17.1 Å². The molecule has 1 aromatic carbocycles. The third kappa shape index (κ3) is 4.17. The molecule has 0 spiro atoms. The summed E-state index contributed by atoms with van der Waals surface area (Å²) >= 11 is 1.58. The Balaban J connectivity index is 1.85. The van der Waals surface area contributed by atoms with Gasteiger partial charge in [-0.1, -0.05) is 37.3 Å². The first-order valence-electron chi connectivity index (χ1n) is 6.91. The molecule has 0 aliphatic rings. The Morgan fingerprint density at radius 2 is 2.10 bits per heavy atom. The van der Waals surface area contributed by atoms with Gasteiger partial charge in [0.1, 0.15) is 0 Å². The summed E-state index contributed by atoms with van der Waals surface area (Å²) in [5.74, 6) is 0.419. The number of thiazole rings is 1. The van der Waals surface area contributed by atoms with Crippen LogP contribution in [-0.2, 0) is 11.2 Å². The van der Waals surface area contributed by atoms with Crippen molar-refractivity contribution in [1.29, 1.82) is 0 Å². The molecule has 0 saturated heterocycles. The lowest BCUT2D eigenvalue weighted by molar-refractivity contribution is -0.120. The van der Waals surface area contributed by atoms with Crippen LogP contribution in [0.25, 0.3) is 0 Å². The minimum atomic E-state index is 0.0460. The van der Waals surface area contributed by atoms with Crippen molar-refractivity contribution in [3.05, 3.63) is 52.0 Å². The minimum absolute atomic E-state index is 0.0460. The first-order valence-corrected chi connectivity index (χ1v) is 7.79. The summed E-state index contributed by atoms with van der Waals surface area (Å²) in [4.78, 5) is 16.2. The van der Waals surface area contributed by atoms with Gasteiger partial charge in [0.15, 0.2) is 0 Å². The van der Waals surface area contributed by atoms with Gasteiger partial charge in [0, 0.05) is 17.8 Å². The van der Waals surface area contributed by atoms with E-state index >= 15 is 0 Å². The zero-order chi connectivity index (χ0) is 14.4. The van der Waals surface area contributed by atoms with Gasteiger partial charge >= 0.3 is 0 Å². The van der Waals surface area contributed by atoms with Crippen molar-refractivity contribution in [2.45, 2.75) is 32.6 Å². The quantitative estimate of drug-likeness (QED) is 0.886. The van der Waals surface area contributed by atoms with Crippen LogP contribution in [0.5, 0.6) is 0 Å². The van der Waals surface area contributed by atoms with Crippen LogP contribution in [0.2, 0.25) is 0 Å². The van der Waals surface area contributed by atoms with E-state index < -0.39 is 0 Å². The van der Waals surface area contributed by atoms with Crippen LogP contribution in [-0.4, -0.2) is 17.4 Å². The highest BCUT2D eigenvalue weighted by atomic mass is 32.1. The van der Waals surface area contributed by atoms with Crippen molar-refractivity contribution < 1.29 is 4.79 Å². The molecule has 0 saturated carbocycles. The lowest BCUT2D eigenvalue weighted by Crippen LogP contribution is -2.29. The Morgan fingerprint density at radius 1 is 1.35 bits per heavy atom. The zero-order valence-electron chi connectivity index (χ0n) is 11.9. The summed E-state index contributed by atoms with van der Waals surface area (Å²) in [6.45, 7) is 4.78. The van der Waals surface area contributed by atoms with Crippen LogP contribution < -0.4 is 5.32 Å². The Bertz CT molecular complexity index is 551. The van der Waals surface area contributed by atoms with Crippen LogP contribution in [0.15, 0.2) is 35.7 Å². The molecule has 1 amide bonds. The topological polar surface area (TPSA) is 42.0 Å². The number of amides is 1. The van der Waals surface area contributed by atoms with Crippen molar-refractivity contribution in [1.82, 2.24) is 10.3 Å². The highest BCUT2D eigenvalue weighted by Gasteiger charge is 2.11. The van der Waals surface area contributed by atoms with Gasteiger partial charge in [-0.25, -0.2) is 4.98 Å². The van der Waals surface area contributed by atoms with E-state index in [1.807, 2.05) is 30.5 Å². The molecule has 20 heavy (non-hydrogen) atoms. The van der Waals surface area contributed by atoms with Crippen molar-refractivity contribution in [3.63, 3.8) is 0 Å². The zero-order valence-corrected chi connectivity index (χ0v) is 12.7. The number of nitrogens with one attached hydrogen (secondary N) is 1. The maximum absolute atomic E-state index is 11.9. The Morgan fingerprint density at radius 3 is 2.70 bits per heavy atom. The molecule has 0 aliphatic heterocycles. The van der Waals surface area contributed by atoms with E-state index in [9.17, 15) is 4.79 Å². The summed E-state index contributed by atoms with van der Waals surface area (Å²) in [5.41, 5.74) is 2.14. The highest BCUT2D eigenvalue weighted by molar-refractivity contribution is 7.09. The molecule has 106 valence electrons. The van der Waals surface area contributed by atoms with Crippen molar-refractivity contribution in [2.75, 3.05) is 6.54 Å². The van der Waals surface area contributed by atoms with E-state index in [2.05, 4.69) is 29.4 Å². The molecule has 0 unspecified atom stereocenters. The van der Waals surface area contributed by atoms with Crippen molar-refractivity contribution in [3.8, 4) is 0 Å². The monoisotopic (exact) mass is 288 g/mol. The highest BCUT2D eigenvalue weighted by Crippen LogP contribution is 2.18. The third-order valence-electron chi connectivity index (χ3n) is 3.32. The fourth-order valence-electron chi connectivity index (χ4n) is 2.18. The number of benzene rings is 1. The summed E-state index contributed by atoms with van der Waals surface area (Å²) in [6, 6.07) is 10.3. The fourth-order valence-corrected chi connectivity index (χ4v) is 2.79. The standard InChI is InChI=1S/C16H20N2OS/c1-3-13(14-7-5-4-6-8-14)10-17-16(19)9-15-11-20-12(2)18-15/h4-8,11,13H,3,9-10H2,1-2H3,(H,17,19)/t13-/m0/s1. The summed E-state index contributed by atoms with van der Waals surface area (Å²) < 4.78 is 0. The second-order valence-corrected chi connectivity index (χ2v) is 5.92. The van der Waals surface area contributed by atoms with Gasteiger partial charge in [0.05, 0.1) is 17.1 Å². The van der Waals surface area contributed by atoms with Crippen LogP contribution in [0.3, 0.4) is 0 Å². The van der Waals surface area contributed by atoms with Crippen molar-refractivity contribution in [2.24, 2.45) is 0 Å². The lowest BCUT2D eigenvalue weighted by atomic mass is 9.96. The number of carbonyl (C=O) groups excluding carboxylic acids is 1. The maximum atomic E-state index is 11.9. The summed E-state index contributed by atoms with van der Waals surface area (Å²) in [5, 5.41) is 5.97. The number of rotatable bonds is 6. The van der Waals surface area contributed by atoms with Gasteiger partial charge in [-0.05, 0) is 18.9 Å². The van der Waals surface area contributed by atoms with Crippen LogP contribution in [0.1, 0.15) is 35.5 Å². The molecule has 0 fully saturated rings. The molecule has 2 aromatic rings. The SMILES string of the molecule is CC[C@@H](CNC(=O)Cc1csc(C)n1)c1ccccc1. The third-order valence-corrected chi connectivity index (χ3v) is 4.14. The lowest BCUT2D eigenvalue weighted by Gasteiger charge is -2.16. The molecule has 2 rings (SSSR count). The maximum Gasteiger partial charge on any atom is 0.226 e. The normalized spacial score (nSPS) is 12.1. The minimum Gasteiger partial charge on any atom is -0.355 e. The van der Waals surface area contributed by atoms with Gasteiger partial charge < -0.3 is 5.32 Å². The largest absolute Gasteiger partial charge is 0.355 e. The smallest absolute Gasteiger partial charge is 0.226 e. The number of nitrogens with zero attached hydrogens (tertiary/aromatic N) is 1. The van der Waals surface area contributed by atoms with Crippen LogP contribution >= 0.6 is 11.3 Å². The molecule has 3 nitrogen and oxygen atoms in total. The van der Waals surface area contributed by atoms with E-state index in [1.54, 1.807) is 11.3 Å². The van der Waals surface area contributed by atoms with Gasteiger partial charge in [0.2, 0.25) is 5.91 Å². The molecule has 1 aromatic heterocycles.